The molecule has 0 amide bonds. The van der Waals surface area contributed by atoms with Gasteiger partial charge in [0.25, 0.3) is 0 Å². The molecular formula is C11H42. The fourth-order valence-corrected chi connectivity index (χ4v) is 0. The minimum atomic E-state index is 0. The van der Waals surface area contributed by atoms with Gasteiger partial charge in [-0.1, -0.05) is 80.7 Å². The van der Waals surface area contributed by atoms with Crippen LogP contribution in [-0.4, -0.2) is 0 Å². The van der Waals surface area contributed by atoms with E-state index < -0.39 is 0 Å². The second-order valence-corrected chi connectivity index (χ2v) is 0. The minimum absolute atomic E-state index is 0. The van der Waals surface area contributed by atoms with E-state index in [-0.39, 0.29) is 66.8 Å². The molecule has 0 spiro atoms. The van der Waals surface area contributed by atoms with Crippen LogP contribution in [0.4, 0.5) is 0 Å². The van der Waals surface area contributed by atoms with Crippen molar-refractivity contribution >= 4 is 0 Å². The van der Waals surface area contributed by atoms with Gasteiger partial charge < -0.3 is 0 Å². The Morgan fingerprint density at radius 2 is 0.273 bits per heavy atom. The van der Waals surface area contributed by atoms with Crippen molar-refractivity contribution in [2.45, 2.75) is 80.7 Å². The summed E-state index contributed by atoms with van der Waals surface area (Å²) in [6.45, 7) is 4.00. The van der Waals surface area contributed by atoms with E-state index in [9.17, 15) is 0 Å². The van der Waals surface area contributed by atoms with Crippen LogP contribution in [0.3, 0.4) is 0 Å². The molecule has 0 unspecified atom stereocenters. The van der Waals surface area contributed by atoms with Crippen LogP contribution in [0, 0.1) is 0 Å². The van der Waals surface area contributed by atoms with E-state index >= 15 is 0 Å². The lowest BCUT2D eigenvalue weighted by Gasteiger charge is -1.07. The van der Waals surface area contributed by atoms with E-state index in [0.717, 1.165) is 0 Å². The van der Waals surface area contributed by atoms with Gasteiger partial charge >= 0.3 is 0 Å². The van der Waals surface area contributed by atoms with Crippen molar-refractivity contribution in [1.29, 1.82) is 0 Å². The fourth-order valence-electron chi connectivity index (χ4n) is 0. The molecule has 0 rings (SSSR count). The van der Waals surface area contributed by atoms with Gasteiger partial charge in [0.2, 0.25) is 0 Å². The molecule has 0 N–H and O–H groups in total. The summed E-state index contributed by atoms with van der Waals surface area (Å²) in [5.41, 5.74) is 0. The second kappa shape index (κ2) is 0. The molecule has 0 saturated carbocycles. The van der Waals surface area contributed by atoms with Crippen LogP contribution in [0.2, 0.25) is 0 Å². The molecule has 0 aromatic rings. The zero-order chi connectivity index (χ0) is 2.00. The normalized spacial score (nSPS) is 0.545. The van der Waals surface area contributed by atoms with Crippen molar-refractivity contribution in [2.24, 2.45) is 0 Å². The van der Waals surface area contributed by atoms with Crippen molar-refractivity contribution in [1.82, 2.24) is 0 Å². The number of hydrogen-bond acceptors (Lipinski definition) is 0. The average molecular weight is 174 g/mol. The van der Waals surface area contributed by atoms with E-state index in [0.29, 0.717) is 0 Å². The Kier molecular flexibility index (Phi) is 0. The first-order valence-corrected chi connectivity index (χ1v) is 1.00. The predicted octanol–water partition coefficient (Wildman–Crippen LogP) is 6.75. The van der Waals surface area contributed by atoms with Gasteiger partial charge in [0.05, 0.1) is 0 Å². The molecular weight excluding hydrogens is 132 g/mol. The van der Waals surface area contributed by atoms with Gasteiger partial charge in [-0.2, -0.15) is 0 Å². The standard InChI is InChI=1S/C2H6.9CH4/c1-2;;;;;;;;;/h1-2H3;9*1H4. The Labute approximate surface area is 81.4 Å². The lowest BCUT2D eigenvalue weighted by atomic mass is 11.0. The van der Waals surface area contributed by atoms with Crippen LogP contribution in [0.1, 0.15) is 80.7 Å². The highest BCUT2D eigenvalue weighted by atomic mass is 13.0. The fraction of sp³-hybridized carbons (Fsp3) is 1.00. The maximum atomic E-state index is 2.00. The van der Waals surface area contributed by atoms with Gasteiger partial charge in [0, 0.05) is 0 Å². The van der Waals surface area contributed by atoms with Gasteiger partial charge in [0.15, 0.2) is 0 Å². The summed E-state index contributed by atoms with van der Waals surface area (Å²) in [5.74, 6) is 0. The quantitative estimate of drug-likeness (QED) is 0.381. The SMILES string of the molecule is C.C.C.C.C.C.C.C.C.CC. The Hall–Kier alpha value is 0. The molecule has 0 radical (unpaired) electrons. The van der Waals surface area contributed by atoms with Crippen LogP contribution in [0.15, 0.2) is 0 Å². The summed E-state index contributed by atoms with van der Waals surface area (Å²) >= 11 is 0. The van der Waals surface area contributed by atoms with Crippen LogP contribution in [0.25, 0.3) is 0 Å². The molecule has 0 aliphatic rings. The third-order valence-corrected chi connectivity index (χ3v) is 0. The first-order valence-electron chi connectivity index (χ1n) is 1.00. The zero-order valence-corrected chi connectivity index (χ0v) is 2.00. The van der Waals surface area contributed by atoms with E-state index in [1.807, 2.05) is 13.8 Å². The van der Waals surface area contributed by atoms with Crippen molar-refractivity contribution in [3.8, 4) is 0 Å². The van der Waals surface area contributed by atoms with Crippen molar-refractivity contribution in [3.05, 3.63) is 0 Å². The Bertz CT molecular complexity index is 0. The highest BCUT2D eigenvalue weighted by Gasteiger charge is 0.932. The van der Waals surface area contributed by atoms with Gasteiger partial charge in [-0.25, -0.2) is 0 Å². The third kappa shape index (κ3) is 0. The van der Waals surface area contributed by atoms with E-state index in [4.69, 9.17) is 0 Å². The largest absolute Gasteiger partial charge is 0.0776 e. The average Bonchev–Trinajstić information content (AvgIpc) is 1.00. The van der Waals surface area contributed by atoms with Crippen LogP contribution in [0.5, 0.6) is 0 Å². The van der Waals surface area contributed by atoms with E-state index in [1.165, 1.54) is 0 Å². The molecule has 0 aliphatic heterocycles. The monoisotopic (exact) mass is 174 g/mol. The van der Waals surface area contributed by atoms with Crippen LogP contribution < -0.4 is 0 Å². The summed E-state index contributed by atoms with van der Waals surface area (Å²) < 4.78 is 0. The van der Waals surface area contributed by atoms with Gasteiger partial charge in [-0.3, -0.25) is 0 Å². The molecule has 0 atom stereocenters. The molecule has 0 heterocycles. The summed E-state index contributed by atoms with van der Waals surface area (Å²) in [7, 11) is 0. The number of hydrogen-bond donors (Lipinski definition) is 0. The maximum absolute atomic E-state index is 2.00. The minimum Gasteiger partial charge on any atom is -0.0776 e. The summed E-state index contributed by atoms with van der Waals surface area (Å²) in [6.07, 6.45) is 0. The third-order valence-electron chi connectivity index (χ3n) is 0. The zero-order valence-electron chi connectivity index (χ0n) is 2.00. The molecule has 0 aliphatic carbocycles. The molecule has 86 valence electrons. The summed E-state index contributed by atoms with van der Waals surface area (Å²) in [5, 5.41) is 0. The first kappa shape index (κ1) is 1100. The van der Waals surface area contributed by atoms with E-state index in [1.54, 1.807) is 0 Å². The molecule has 0 saturated heterocycles. The molecule has 0 heteroatoms. The molecule has 0 fully saturated rings. The Morgan fingerprint density at radius 1 is 0.273 bits per heavy atom. The van der Waals surface area contributed by atoms with Gasteiger partial charge in [-0.05, 0) is 0 Å². The molecule has 0 aromatic carbocycles. The molecule has 0 nitrogen and oxygen atoms in total. The van der Waals surface area contributed by atoms with Crippen molar-refractivity contribution < 1.29 is 0 Å². The Balaban J connectivity index is -0.000000000139. The van der Waals surface area contributed by atoms with Crippen LogP contribution >= 0.6 is 0 Å². The highest BCUT2D eigenvalue weighted by Crippen LogP contribution is 1.14. The topological polar surface area (TPSA) is 0 Å². The predicted molar refractivity (Wildman–Crippen MR) is 71.9 cm³/mol. The van der Waals surface area contributed by atoms with E-state index in [2.05, 4.69) is 0 Å². The van der Waals surface area contributed by atoms with Gasteiger partial charge in [0.1, 0.15) is 0 Å². The first-order chi connectivity index (χ1) is 1.00. The maximum Gasteiger partial charge on any atom is -0.0683 e. The second-order valence-electron chi connectivity index (χ2n) is 0. The molecule has 11 heavy (non-hydrogen) atoms. The van der Waals surface area contributed by atoms with Crippen molar-refractivity contribution in [2.75, 3.05) is 0 Å². The van der Waals surface area contributed by atoms with Crippen LogP contribution in [-0.2, 0) is 0 Å². The number of rotatable bonds is 0. The van der Waals surface area contributed by atoms with Crippen molar-refractivity contribution in [3.63, 3.8) is 0 Å². The molecule has 0 aromatic heterocycles. The van der Waals surface area contributed by atoms with Gasteiger partial charge in [-0.15, -0.1) is 0 Å². The Morgan fingerprint density at radius 3 is 0.273 bits per heavy atom. The lowest BCUT2D eigenvalue weighted by Crippen LogP contribution is -0.856. The summed E-state index contributed by atoms with van der Waals surface area (Å²) in [6, 6.07) is 0. The highest BCUT2D eigenvalue weighted by molar-refractivity contribution is 3.50. The lowest BCUT2D eigenvalue weighted by molar-refractivity contribution is 1.50. The smallest absolute Gasteiger partial charge is 0.0683 e. The molecule has 0 bridgehead atoms. The summed E-state index contributed by atoms with van der Waals surface area (Å²) in [4.78, 5) is 0.